The van der Waals surface area contributed by atoms with Gasteiger partial charge in [0.1, 0.15) is 11.9 Å². The first-order valence-electron chi connectivity index (χ1n) is 7.41. The van der Waals surface area contributed by atoms with Crippen LogP contribution in [0.15, 0.2) is 30.3 Å². The van der Waals surface area contributed by atoms with Crippen molar-refractivity contribution in [3.8, 4) is 5.75 Å². The Balaban J connectivity index is 1.47. The molecule has 0 bridgehead atoms. The van der Waals surface area contributed by atoms with Gasteiger partial charge in [-0.05, 0) is 31.5 Å². The van der Waals surface area contributed by atoms with Crippen LogP contribution in [0, 0.1) is 5.92 Å². The number of nitrogens with zero attached hydrogens (tertiary/aromatic N) is 1. The lowest BCUT2D eigenvalue weighted by atomic mass is 9.85. The molecule has 20 heavy (non-hydrogen) atoms. The molecule has 0 aromatic heterocycles. The van der Waals surface area contributed by atoms with Gasteiger partial charge in [0.2, 0.25) is 0 Å². The van der Waals surface area contributed by atoms with Gasteiger partial charge in [-0.3, -0.25) is 9.69 Å². The zero-order chi connectivity index (χ0) is 13.9. The van der Waals surface area contributed by atoms with Gasteiger partial charge in [-0.25, -0.2) is 0 Å². The van der Waals surface area contributed by atoms with E-state index in [1.165, 1.54) is 0 Å². The van der Waals surface area contributed by atoms with Crippen molar-refractivity contribution in [2.24, 2.45) is 5.92 Å². The Labute approximate surface area is 119 Å². The molecular weight excluding hydrogens is 254 g/mol. The first kappa shape index (κ1) is 13.4. The third-order valence-corrected chi connectivity index (χ3v) is 4.43. The molecule has 108 valence electrons. The summed E-state index contributed by atoms with van der Waals surface area (Å²) in [5.41, 5.74) is 0. The Morgan fingerprint density at radius 3 is 2.70 bits per heavy atom. The molecule has 1 aliphatic carbocycles. The van der Waals surface area contributed by atoms with Crippen LogP contribution in [-0.4, -0.2) is 41.2 Å². The predicted molar refractivity (Wildman–Crippen MR) is 75.8 cm³/mol. The average molecular weight is 275 g/mol. The second kappa shape index (κ2) is 5.83. The molecule has 1 aliphatic heterocycles. The molecule has 4 heteroatoms. The maximum atomic E-state index is 11.1. The van der Waals surface area contributed by atoms with Gasteiger partial charge in [-0.1, -0.05) is 18.2 Å². The maximum Gasteiger partial charge on any atom is 0.307 e. The van der Waals surface area contributed by atoms with Crippen molar-refractivity contribution in [3.05, 3.63) is 30.3 Å². The molecule has 1 saturated heterocycles. The molecule has 1 atom stereocenters. The van der Waals surface area contributed by atoms with Gasteiger partial charge in [-0.2, -0.15) is 0 Å². The second-order valence-electron chi connectivity index (χ2n) is 5.85. The summed E-state index contributed by atoms with van der Waals surface area (Å²) < 4.78 is 5.90. The number of likely N-dealkylation sites (tertiary alicyclic amines) is 1. The smallest absolute Gasteiger partial charge is 0.307 e. The quantitative estimate of drug-likeness (QED) is 0.916. The van der Waals surface area contributed by atoms with Gasteiger partial charge in [0.25, 0.3) is 0 Å². The number of aliphatic carboxylic acids is 1. The molecule has 1 aromatic carbocycles. The van der Waals surface area contributed by atoms with Crippen molar-refractivity contribution < 1.29 is 14.6 Å². The Kier molecular flexibility index (Phi) is 3.92. The lowest BCUT2D eigenvalue weighted by Crippen LogP contribution is -2.53. The zero-order valence-electron chi connectivity index (χ0n) is 11.6. The fraction of sp³-hybridized carbons (Fsp3) is 0.562. The highest BCUT2D eigenvalue weighted by Gasteiger charge is 2.38. The number of para-hydroxylation sites is 1. The summed E-state index contributed by atoms with van der Waals surface area (Å²) in [6, 6.07) is 10.4. The summed E-state index contributed by atoms with van der Waals surface area (Å²) in [7, 11) is 0. The van der Waals surface area contributed by atoms with E-state index in [2.05, 4.69) is 4.90 Å². The van der Waals surface area contributed by atoms with E-state index in [0.717, 1.165) is 38.0 Å². The Bertz CT molecular complexity index is 456. The number of carboxylic acids is 1. The number of hydrogen-bond donors (Lipinski definition) is 1. The molecule has 0 spiro atoms. The van der Waals surface area contributed by atoms with E-state index in [4.69, 9.17) is 9.84 Å². The topological polar surface area (TPSA) is 49.8 Å². The number of piperidine rings is 1. The number of benzene rings is 1. The number of hydrogen-bond acceptors (Lipinski definition) is 3. The Morgan fingerprint density at radius 1 is 1.25 bits per heavy atom. The predicted octanol–water partition coefficient (Wildman–Crippen LogP) is 2.39. The normalized spacial score (nSPS) is 30.5. The highest BCUT2D eigenvalue weighted by molar-refractivity contribution is 5.70. The van der Waals surface area contributed by atoms with Gasteiger partial charge < -0.3 is 9.84 Å². The third-order valence-electron chi connectivity index (χ3n) is 4.43. The second-order valence-corrected chi connectivity index (χ2v) is 5.85. The van der Waals surface area contributed by atoms with Crippen LogP contribution in [0.3, 0.4) is 0 Å². The number of carboxylic acid groups (broad SMARTS) is 1. The number of carbonyl (C=O) groups is 1. The fourth-order valence-corrected chi connectivity index (χ4v) is 3.16. The van der Waals surface area contributed by atoms with Crippen molar-refractivity contribution in [3.63, 3.8) is 0 Å². The molecule has 1 aromatic rings. The summed E-state index contributed by atoms with van der Waals surface area (Å²) in [6.45, 7) is 1.74. The van der Waals surface area contributed by atoms with Crippen LogP contribution in [0.4, 0.5) is 0 Å². The van der Waals surface area contributed by atoms with Crippen LogP contribution >= 0.6 is 0 Å². The zero-order valence-corrected chi connectivity index (χ0v) is 11.6. The van der Waals surface area contributed by atoms with E-state index in [1.807, 2.05) is 30.3 Å². The standard InChI is InChI=1S/C16H21NO3/c18-16(19)12-5-4-8-17(11-12)13-9-15(10-13)20-14-6-2-1-3-7-14/h1-3,6-7,12-13,15H,4-5,8-11H2,(H,18,19). The molecule has 0 radical (unpaired) electrons. The highest BCUT2D eigenvalue weighted by atomic mass is 16.5. The van der Waals surface area contributed by atoms with Crippen LogP contribution in [0.25, 0.3) is 0 Å². The Hall–Kier alpha value is -1.55. The minimum atomic E-state index is -0.647. The van der Waals surface area contributed by atoms with E-state index in [1.54, 1.807) is 0 Å². The van der Waals surface area contributed by atoms with E-state index in [0.29, 0.717) is 12.6 Å². The molecular formula is C16H21NO3. The summed E-state index contributed by atoms with van der Waals surface area (Å²) in [5, 5.41) is 9.12. The first-order chi connectivity index (χ1) is 9.72. The van der Waals surface area contributed by atoms with Crippen LogP contribution in [0.2, 0.25) is 0 Å². The van der Waals surface area contributed by atoms with Crippen molar-refractivity contribution in [2.45, 2.75) is 37.8 Å². The van der Waals surface area contributed by atoms with Gasteiger partial charge in [-0.15, -0.1) is 0 Å². The highest BCUT2D eigenvalue weighted by Crippen LogP contribution is 2.32. The molecule has 4 nitrogen and oxygen atoms in total. The summed E-state index contributed by atoms with van der Waals surface area (Å²) in [5.74, 6) is 0.0990. The van der Waals surface area contributed by atoms with Crippen molar-refractivity contribution in [1.82, 2.24) is 4.90 Å². The van der Waals surface area contributed by atoms with Crippen LogP contribution in [0.5, 0.6) is 5.75 Å². The molecule has 2 fully saturated rings. The summed E-state index contributed by atoms with van der Waals surface area (Å²) in [4.78, 5) is 13.4. The lowest BCUT2D eigenvalue weighted by molar-refractivity contribution is -0.144. The Morgan fingerprint density at radius 2 is 2.00 bits per heavy atom. The van der Waals surface area contributed by atoms with Crippen LogP contribution in [0.1, 0.15) is 25.7 Å². The van der Waals surface area contributed by atoms with Crippen LogP contribution in [-0.2, 0) is 4.79 Å². The maximum absolute atomic E-state index is 11.1. The van der Waals surface area contributed by atoms with E-state index in [9.17, 15) is 4.79 Å². The van der Waals surface area contributed by atoms with Crippen molar-refractivity contribution in [2.75, 3.05) is 13.1 Å². The average Bonchev–Trinajstić information content (AvgIpc) is 2.43. The molecule has 2 aliphatic rings. The molecule has 1 N–H and O–H groups in total. The molecule has 3 rings (SSSR count). The minimum absolute atomic E-state index is 0.183. The molecule has 1 unspecified atom stereocenters. The van der Waals surface area contributed by atoms with Crippen LogP contribution < -0.4 is 4.74 Å². The van der Waals surface area contributed by atoms with Crippen molar-refractivity contribution >= 4 is 5.97 Å². The fourth-order valence-electron chi connectivity index (χ4n) is 3.16. The van der Waals surface area contributed by atoms with Gasteiger partial charge in [0.15, 0.2) is 0 Å². The third kappa shape index (κ3) is 2.96. The first-order valence-corrected chi connectivity index (χ1v) is 7.41. The number of rotatable bonds is 4. The molecule has 0 amide bonds. The molecule has 1 saturated carbocycles. The largest absolute Gasteiger partial charge is 0.490 e. The van der Waals surface area contributed by atoms with Gasteiger partial charge >= 0.3 is 5.97 Å². The minimum Gasteiger partial charge on any atom is -0.490 e. The molecule has 1 heterocycles. The van der Waals surface area contributed by atoms with E-state index in [-0.39, 0.29) is 12.0 Å². The SMILES string of the molecule is O=C(O)C1CCCN(C2CC(Oc3ccccc3)C2)C1. The van der Waals surface area contributed by atoms with Gasteiger partial charge in [0.05, 0.1) is 5.92 Å². The van der Waals surface area contributed by atoms with E-state index < -0.39 is 5.97 Å². The summed E-state index contributed by atoms with van der Waals surface area (Å²) >= 11 is 0. The monoisotopic (exact) mass is 275 g/mol. The number of ether oxygens (including phenoxy) is 1. The summed E-state index contributed by atoms with van der Waals surface area (Å²) in [6.07, 6.45) is 4.13. The lowest BCUT2D eigenvalue weighted by Gasteiger charge is -2.45. The van der Waals surface area contributed by atoms with Gasteiger partial charge in [0, 0.05) is 25.4 Å². The van der Waals surface area contributed by atoms with E-state index >= 15 is 0 Å². The van der Waals surface area contributed by atoms with Crippen molar-refractivity contribution in [1.29, 1.82) is 0 Å².